The van der Waals surface area contributed by atoms with Gasteiger partial charge in [-0.15, -0.1) is 0 Å². The third-order valence-corrected chi connectivity index (χ3v) is 4.24. The van der Waals surface area contributed by atoms with Gasteiger partial charge in [0.25, 0.3) is 0 Å². The average molecular weight is 233 g/mol. The summed E-state index contributed by atoms with van der Waals surface area (Å²) < 4.78 is 0. The molecule has 1 saturated carbocycles. The lowest BCUT2D eigenvalue weighted by molar-refractivity contribution is 0.0384. The van der Waals surface area contributed by atoms with Gasteiger partial charge in [0.2, 0.25) is 0 Å². The quantitative estimate of drug-likeness (QED) is 0.821. The largest absolute Gasteiger partial charge is 0.388 e. The summed E-state index contributed by atoms with van der Waals surface area (Å²) in [5.74, 6) is 0.666. The van der Waals surface area contributed by atoms with Gasteiger partial charge in [-0.1, -0.05) is 38.1 Å². The van der Waals surface area contributed by atoms with Gasteiger partial charge in [0.05, 0.1) is 6.10 Å². The first-order chi connectivity index (χ1) is 8.12. The van der Waals surface area contributed by atoms with E-state index >= 15 is 0 Å². The van der Waals surface area contributed by atoms with Crippen LogP contribution in [-0.4, -0.2) is 11.7 Å². The molecular weight excluding hydrogens is 210 g/mol. The van der Waals surface area contributed by atoms with Crippen LogP contribution >= 0.6 is 0 Å². The third kappa shape index (κ3) is 2.38. The number of rotatable bonds is 5. The van der Waals surface area contributed by atoms with Crippen molar-refractivity contribution in [3.05, 3.63) is 35.4 Å². The molecule has 2 unspecified atom stereocenters. The van der Waals surface area contributed by atoms with E-state index in [1.165, 1.54) is 18.4 Å². The zero-order valence-corrected chi connectivity index (χ0v) is 10.8. The van der Waals surface area contributed by atoms with Crippen LogP contribution in [0.15, 0.2) is 24.3 Å². The second-order valence-corrected chi connectivity index (χ2v) is 5.52. The van der Waals surface area contributed by atoms with Crippen molar-refractivity contribution in [2.24, 2.45) is 11.1 Å². The molecule has 94 valence electrons. The van der Waals surface area contributed by atoms with Crippen LogP contribution in [-0.2, 0) is 0 Å². The van der Waals surface area contributed by atoms with Crippen molar-refractivity contribution in [1.82, 2.24) is 0 Å². The molecule has 0 saturated heterocycles. The maximum absolute atomic E-state index is 10.6. The Morgan fingerprint density at radius 1 is 1.41 bits per heavy atom. The molecule has 0 heterocycles. The van der Waals surface area contributed by atoms with Crippen molar-refractivity contribution < 1.29 is 5.11 Å². The van der Waals surface area contributed by atoms with Gasteiger partial charge in [0, 0.05) is 12.0 Å². The van der Waals surface area contributed by atoms with Crippen LogP contribution in [0.2, 0.25) is 0 Å². The molecule has 1 aromatic rings. The van der Waals surface area contributed by atoms with Crippen LogP contribution in [0.4, 0.5) is 0 Å². The minimum Gasteiger partial charge on any atom is -0.388 e. The van der Waals surface area contributed by atoms with Crippen molar-refractivity contribution >= 4 is 0 Å². The first-order valence-corrected chi connectivity index (χ1v) is 6.59. The molecule has 0 aromatic heterocycles. The van der Waals surface area contributed by atoms with Crippen LogP contribution in [0.1, 0.15) is 56.3 Å². The summed E-state index contributed by atoms with van der Waals surface area (Å²) >= 11 is 0. The van der Waals surface area contributed by atoms with E-state index in [0.29, 0.717) is 12.5 Å². The molecule has 0 radical (unpaired) electrons. The van der Waals surface area contributed by atoms with Crippen LogP contribution in [0.3, 0.4) is 0 Å². The van der Waals surface area contributed by atoms with E-state index in [4.69, 9.17) is 5.73 Å². The highest BCUT2D eigenvalue weighted by Crippen LogP contribution is 2.46. The van der Waals surface area contributed by atoms with Crippen molar-refractivity contribution in [2.75, 3.05) is 6.54 Å². The standard InChI is InChI=1S/C15H23NO/c1-3-15(2,10-16)14(17)13-7-5-4-6-12(13)11-8-9-11/h4-7,11,14,17H,3,8-10,16H2,1-2H3. The Bertz CT molecular complexity index is 380. The lowest BCUT2D eigenvalue weighted by Crippen LogP contribution is -2.33. The molecule has 1 aromatic carbocycles. The lowest BCUT2D eigenvalue weighted by atomic mass is 9.77. The van der Waals surface area contributed by atoms with Crippen LogP contribution in [0, 0.1) is 5.41 Å². The van der Waals surface area contributed by atoms with Crippen LogP contribution in [0.25, 0.3) is 0 Å². The van der Waals surface area contributed by atoms with E-state index in [1.54, 1.807) is 0 Å². The Morgan fingerprint density at radius 3 is 2.59 bits per heavy atom. The first kappa shape index (κ1) is 12.6. The molecule has 2 heteroatoms. The van der Waals surface area contributed by atoms with E-state index in [9.17, 15) is 5.11 Å². The number of nitrogens with two attached hydrogens (primary N) is 1. The molecule has 2 rings (SSSR count). The maximum Gasteiger partial charge on any atom is 0.0858 e. The van der Waals surface area contributed by atoms with Gasteiger partial charge in [0.1, 0.15) is 0 Å². The highest BCUT2D eigenvalue weighted by atomic mass is 16.3. The highest BCUT2D eigenvalue weighted by molar-refractivity contribution is 5.35. The van der Waals surface area contributed by atoms with Crippen LogP contribution < -0.4 is 5.73 Å². The number of hydrogen-bond acceptors (Lipinski definition) is 2. The molecule has 2 atom stereocenters. The molecule has 3 N–H and O–H groups in total. The molecule has 0 aliphatic heterocycles. The van der Waals surface area contributed by atoms with Gasteiger partial charge in [-0.3, -0.25) is 0 Å². The number of aliphatic hydroxyl groups is 1. The van der Waals surface area contributed by atoms with E-state index in [0.717, 1.165) is 12.0 Å². The van der Waals surface area contributed by atoms with Crippen molar-refractivity contribution in [3.8, 4) is 0 Å². The first-order valence-electron chi connectivity index (χ1n) is 6.59. The normalized spacial score (nSPS) is 20.9. The van der Waals surface area contributed by atoms with Gasteiger partial charge >= 0.3 is 0 Å². The number of aliphatic hydroxyl groups excluding tert-OH is 1. The Labute approximate surface area is 104 Å². The SMILES string of the molecule is CCC(C)(CN)C(O)c1ccccc1C1CC1. The molecule has 2 nitrogen and oxygen atoms in total. The molecule has 0 spiro atoms. The Morgan fingerprint density at radius 2 is 2.06 bits per heavy atom. The van der Waals surface area contributed by atoms with E-state index in [-0.39, 0.29) is 5.41 Å². The fraction of sp³-hybridized carbons (Fsp3) is 0.600. The Hall–Kier alpha value is -0.860. The van der Waals surface area contributed by atoms with E-state index in [1.807, 2.05) is 6.07 Å². The lowest BCUT2D eigenvalue weighted by Gasteiger charge is -2.33. The zero-order chi connectivity index (χ0) is 12.5. The molecule has 0 bridgehead atoms. The number of benzene rings is 1. The summed E-state index contributed by atoms with van der Waals surface area (Å²) in [4.78, 5) is 0. The topological polar surface area (TPSA) is 46.2 Å². The van der Waals surface area contributed by atoms with E-state index in [2.05, 4.69) is 32.0 Å². The third-order valence-electron chi connectivity index (χ3n) is 4.24. The smallest absolute Gasteiger partial charge is 0.0858 e. The Balaban J connectivity index is 2.32. The van der Waals surface area contributed by atoms with Gasteiger partial charge in [-0.25, -0.2) is 0 Å². The Kier molecular flexibility index (Phi) is 3.55. The second-order valence-electron chi connectivity index (χ2n) is 5.52. The summed E-state index contributed by atoms with van der Waals surface area (Å²) in [6.45, 7) is 4.68. The monoisotopic (exact) mass is 233 g/mol. The molecular formula is C15H23NO. The van der Waals surface area contributed by atoms with Crippen molar-refractivity contribution in [3.63, 3.8) is 0 Å². The van der Waals surface area contributed by atoms with Gasteiger partial charge in [0.15, 0.2) is 0 Å². The summed E-state index contributed by atoms with van der Waals surface area (Å²) in [7, 11) is 0. The summed E-state index contributed by atoms with van der Waals surface area (Å²) in [5, 5.41) is 10.6. The van der Waals surface area contributed by atoms with Gasteiger partial charge < -0.3 is 10.8 Å². The molecule has 0 amide bonds. The molecule has 1 aliphatic carbocycles. The highest BCUT2D eigenvalue weighted by Gasteiger charge is 2.35. The minimum atomic E-state index is -0.450. The average Bonchev–Trinajstić information content (AvgIpc) is 3.21. The van der Waals surface area contributed by atoms with Crippen molar-refractivity contribution in [2.45, 2.75) is 45.1 Å². The zero-order valence-electron chi connectivity index (χ0n) is 10.8. The van der Waals surface area contributed by atoms with Crippen molar-refractivity contribution in [1.29, 1.82) is 0 Å². The summed E-state index contributed by atoms with van der Waals surface area (Å²) in [6.07, 6.45) is 2.96. The predicted molar refractivity (Wildman–Crippen MR) is 70.8 cm³/mol. The van der Waals surface area contributed by atoms with Crippen LogP contribution in [0.5, 0.6) is 0 Å². The fourth-order valence-electron chi connectivity index (χ4n) is 2.35. The summed E-state index contributed by atoms with van der Waals surface area (Å²) in [6, 6.07) is 8.29. The number of hydrogen-bond donors (Lipinski definition) is 2. The minimum absolute atomic E-state index is 0.217. The van der Waals surface area contributed by atoms with Gasteiger partial charge in [-0.2, -0.15) is 0 Å². The van der Waals surface area contributed by atoms with Gasteiger partial charge in [-0.05, 0) is 36.3 Å². The molecule has 1 fully saturated rings. The molecule has 17 heavy (non-hydrogen) atoms. The fourth-order valence-corrected chi connectivity index (χ4v) is 2.35. The predicted octanol–water partition coefficient (Wildman–Crippen LogP) is 2.97. The summed E-state index contributed by atoms with van der Waals surface area (Å²) in [5.41, 5.74) is 8.04. The maximum atomic E-state index is 10.6. The van der Waals surface area contributed by atoms with E-state index < -0.39 is 6.10 Å². The second kappa shape index (κ2) is 4.79. The molecule has 1 aliphatic rings.